The molecule has 4 aromatic rings. The molecule has 0 amide bonds. The molecule has 33 heavy (non-hydrogen) atoms. The number of benzene rings is 2. The van der Waals surface area contributed by atoms with E-state index in [9.17, 15) is 13.2 Å². The summed E-state index contributed by atoms with van der Waals surface area (Å²) in [5, 5.41) is 1.29. The number of pyridine rings is 1. The van der Waals surface area contributed by atoms with E-state index in [4.69, 9.17) is 17.3 Å². The van der Waals surface area contributed by atoms with E-state index in [-0.39, 0.29) is 18.1 Å². The van der Waals surface area contributed by atoms with Crippen molar-refractivity contribution in [2.24, 2.45) is 5.73 Å². The lowest BCUT2D eigenvalue weighted by Gasteiger charge is -2.12. The van der Waals surface area contributed by atoms with Crippen LogP contribution in [0.2, 0.25) is 5.02 Å². The van der Waals surface area contributed by atoms with Crippen molar-refractivity contribution in [3.8, 4) is 11.1 Å². The molecule has 0 fully saturated rings. The summed E-state index contributed by atoms with van der Waals surface area (Å²) in [6, 6.07) is 14.1. The minimum absolute atomic E-state index is 0.00346. The second-order valence-corrected chi connectivity index (χ2v) is 9.93. The fourth-order valence-electron chi connectivity index (χ4n) is 3.67. The first kappa shape index (κ1) is 23.0. The lowest BCUT2D eigenvalue weighted by molar-refractivity contribution is 0.103. The molecule has 4 rings (SSSR count). The van der Waals surface area contributed by atoms with Gasteiger partial charge in [-0.3, -0.25) is 9.52 Å². The van der Waals surface area contributed by atoms with Crippen LogP contribution in [-0.2, 0) is 16.6 Å². The molecule has 2 aromatic heterocycles. The Morgan fingerprint density at radius 1 is 1.09 bits per heavy atom. The number of hydrogen-bond acceptors (Lipinski definition) is 5. The van der Waals surface area contributed by atoms with E-state index in [0.29, 0.717) is 44.9 Å². The Labute approximate surface area is 197 Å². The fourth-order valence-corrected chi connectivity index (χ4v) is 4.92. The Morgan fingerprint density at radius 3 is 2.55 bits per heavy atom. The molecular formula is C24H23ClN4O3S. The first-order valence-corrected chi connectivity index (χ1v) is 12.5. The van der Waals surface area contributed by atoms with Crippen LogP contribution in [-0.4, -0.2) is 29.9 Å². The first-order valence-electron chi connectivity index (χ1n) is 10.4. The minimum atomic E-state index is -3.49. The number of rotatable bonds is 8. The highest BCUT2D eigenvalue weighted by atomic mass is 35.5. The van der Waals surface area contributed by atoms with Crippen molar-refractivity contribution in [2.45, 2.75) is 19.9 Å². The van der Waals surface area contributed by atoms with Gasteiger partial charge < -0.3 is 10.7 Å². The molecule has 0 radical (unpaired) electrons. The van der Waals surface area contributed by atoms with Crippen molar-refractivity contribution in [3.63, 3.8) is 0 Å². The highest BCUT2D eigenvalue weighted by molar-refractivity contribution is 7.92. The summed E-state index contributed by atoms with van der Waals surface area (Å²) >= 11 is 5.99. The first-order chi connectivity index (χ1) is 15.8. The van der Waals surface area contributed by atoms with Crippen LogP contribution in [0.1, 0.15) is 34.8 Å². The van der Waals surface area contributed by atoms with Crippen molar-refractivity contribution in [1.82, 2.24) is 9.97 Å². The van der Waals surface area contributed by atoms with Gasteiger partial charge in [0.15, 0.2) is 5.78 Å². The van der Waals surface area contributed by atoms with Gasteiger partial charge in [0.1, 0.15) is 5.65 Å². The largest absolute Gasteiger partial charge is 0.345 e. The third kappa shape index (κ3) is 4.93. The highest BCUT2D eigenvalue weighted by Crippen LogP contribution is 2.28. The average molecular weight is 483 g/mol. The molecule has 0 unspecified atom stereocenters. The molecule has 0 spiro atoms. The molecule has 4 N–H and O–H groups in total. The van der Waals surface area contributed by atoms with Crippen molar-refractivity contribution < 1.29 is 13.2 Å². The number of carbonyl (C=O) groups is 1. The molecule has 0 saturated heterocycles. The monoisotopic (exact) mass is 482 g/mol. The maximum absolute atomic E-state index is 13.5. The molecule has 0 aliphatic heterocycles. The van der Waals surface area contributed by atoms with E-state index in [0.717, 1.165) is 11.1 Å². The number of hydrogen-bond donors (Lipinski definition) is 3. The molecule has 0 aliphatic carbocycles. The topological polar surface area (TPSA) is 118 Å². The number of anilines is 1. The minimum Gasteiger partial charge on any atom is -0.345 e. The molecule has 0 atom stereocenters. The second-order valence-electron chi connectivity index (χ2n) is 7.66. The number of nitrogens with zero attached hydrogens (tertiary/aromatic N) is 1. The lowest BCUT2D eigenvalue weighted by atomic mass is 9.97. The quantitative estimate of drug-likeness (QED) is 0.314. The summed E-state index contributed by atoms with van der Waals surface area (Å²) < 4.78 is 26.9. The van der Waals surface area contributed by atoms with Crippen LogP contribution in [0.3, 0.4) is 0 Å². The van der Waals surface area contributed by atoms with Crippen LogP contribution in [0.4, 0.5) is 5.69 Å². The number of ketones is 1. The zero-order chi connectivity index (χ0) is 23.6. The number of carbonyl (C=O) groups excluding carboxylic acids is 1. The molecule has 170 valence electrons. The smallest absolute Gasteiger partial charge is 0.232 e. The highest BCUT2D eigenvalue weighted by Gasteiger charge is 2.20. The third-order valence-corrected chi connectivity index (χ3v) is 7.02. The molecule has 7 nitrogen and oxygen atoms in total. The van der Waals surface area contributed by atoms with E-state index in [2.05, 4.69) is 14.7 Å². The van der Waals surface area contributed by atoms with Gasteiger partial charge in [0, 0.05) is 51.7 Å². The van der Waals surface area contributed by atoms with Crippen LogP contribution >= 0.6 is 11.6 Å². The third-order valence-electron chi connectivity index (χ3n) is 5.27. The number of aromatic nitrogens is 2. The van der Waals surface area contributed by atoms with Crippen molar-refractivity contribution in [1.29, 1.82) is 0 Å². The van der Waals surface area contributed by atoms with Gasteiger partial charge >= 0.3 is 0 Å². The Bertz CT molecular complexity index is 1430. The van der Waals surface area contributed by atoms with Gasteiger partial charge in [0.25, 0.3) is 0 Å². The summed E-state index contributed by atoms with van der Waals surface area (Å²) in [6.07, 6.45) is 3.82. The van der Waals surface area contributed by atoms with E-state index < -0.39 is 10.0 Å². The van der Waals surface area contributed by atoms with Crippen LogP contribution in [0.15, 0.2) is 60.9 Å². The van der Waals surface area contributed by atoms with Gasteiger partial charge in [-0.1, -0.05) is 36.7 Å². The predicted octanol–water partition coefficient (Wildman–Crippen LogP) is 4.72. The van der Waals surface area contributed by atoms with Gasteiger partial charge in [0.05, 0.1) is 5.75 Å². The van der Waals surface area contributed by atoms with Gasteiger partial charge in [0.2, 0.25) is 10.0 Å². The molecule has 2 aromatic carbocycles. The Hall–Kier alpha value is -3.20. The maximum Gasteiger partial charge on any atom is 0.232 e. The standard InChI is InChI=1S/C24H23ClN4O3S/c1-2-9-33(31,32)29-19-8-5-16(12-26)20(11-19)23(30)22-14-28-24-21(22)10-17(13-27-24)15-3-6-18(25)7-4-15/h3-8,10-11,13-14,29H,2,9,12,26H2,1H3,(H,27,28). The van der Waals surface area contributed by atoms with Crippen LogP contribution < -0.4 is 10.5 Å². The number of sulfonamides is 1. The zero-order valence-corrected chi connectivity index (χ0v) is 19.5. The van der Waals surface area contributed by atoms with E-state index in [1.165, 1.54) is 6.07 Å². The Morgan fingerprint density at radius 2 is 1.85 bits per heavy atom. The Kier molecular flexibility index (Phi) is 6.51. The molecule has 2 heterocycles. The maximum atomic E-state index is 13.5. The summed E-state index contributed by atoms with van der Waals surface area (Å²) in [4.78, 5) is 21.0. The summed E-state index contributed by atoms with van der Waals surface area (Å²) in [7, 11) is -3.49. The normalized spacial score (nSPS) is 11.6. The summed E-state index contributed by atoms with van der Waals surface area (Å²) in [5.74, 6) is -0.274. The summed E-state index contributed by atoms with van der Waals surface area (Å²) in [5.41, 5.74) is 9.91. The average Bonchev–Trinajstić information content (AvgIpc) is 3.22. The molecule has 0 aliphatic rings. The number of aromatic amines is 1. The number of nitrogens with two attached hydrogens (primary N) is 1. The SMILES string of the molecule is CCCS(=O)(=O)Nc1ccc(CN)c(C(=O)c2c[nH]c3ncc(-c4ccc(Cl)cc4)cc23)c1. The number of H-pyrrole nitrogens is 1. The van der Waals surface area contributed by atoms with Crippen LogP contribution in [0, 0.1) is 0 Å². The number of nitrogens with one attached hydrogen (secondary N) is 2. The number of fused-ring (bicyclic) bond motifs is 1. The zero-order valence-electron chi connectivity index (χ0n) is 17.9. The molecule has 0 bridgehead atoms. The lowest BCUT2D eigenvalue weighted by Crippen LogP contribution is -2.17. The van der Waals surface area contributed by atoms with E-state index >= 15 is 0 Å². The van der Waals surface area contributed by atoms with E-state index in [1.807, 2.05) is 18.2 Å². The van der Waals surface area contributed by atoms with Gasteiger partial charge in [-0.25, -0.2) is 13.4 Å². The van der Waals surface area contributed by atoms with Gasteiger partial charge in [-0.15, -0.1) is 0 Å². The van der Waals surface area contributed by atoms with Crippen molar-refractivity contribution in [3.05, 3.63) is 82.6 Å². The Balaban J connectivity index is 1.75. The summed E-state index contributed by atoms with van der Waals surface area (Å²) in [6.45, 7) is 1.93. The van der Waals surface area contributed by atoms with Crippen LogP contribution in [0.5, 0.6) is 0 Å². The fraction of sp³-hybridized carbons (Fsp3) is 0.167. The van der Waals surface area contributed by atoms with Gasteiger partial charge in [-0.2, -0.15) is 0 Å². The van der Waals surface area contributed by atoms with Gasteiger partial charge in [-0.05, 0) is 47.9 Å². The van der Waals surface area contributed by atoms with Crippen molar-refractivity contribution >= 4 is 44.1 Å². The predicted molar refractivity (Wildman–Crippen MR) is 132 cm³/mol. The van der Waals surface area contributed by atoms with Crippen molar-refractivity contribution in [2.75, 3.05) is 10.5 Å². The number of halogens is 1. The van der Waals surface area contributed by atoms with E-state index in [1.54, 1.807) is 43.6 Å². The molecule has 9 heteroatoms. The molecule has 0 saturated carbocycles. The van der Waals surface area contributed by atoms with Crippen LogP contribution in [0.25, 0.3) is 22.2 Å². The second kappa shape index (κ2) is 9.35. The molecular weight excluding hydrogens is 460 g/mol.